The number of aryl methyl sites for hydroxylation is 2. The number of carbonyl (C=O) groups excluding carboxylic acids is 1. The standard InChI is InChI=1S/C47H52N5O16PS/c1-28-21-51(44(58)49-41(28)55)39-19-35(54)38(67-39)24-65-69(60,68-36-20-40(66-37(36)23-53)52-22-29(2)42(56)50-45(52)59)70-27-46(25-48,43(57)63-5)26-64-47(30-9-7-6-8-10-30,31-11-15-33(61-3)16-12-31)32-13-17-34(62-4)18-14-32/h6-18,21-22,35-40,53-54H,19-20,23-24,26-27H2,1-5H3,(H,49,55,58)(H,50,56,59)/t35-,36-,37+,38+,39+,40+,46?,69?/m0/s1. The predicted octanol–water partition coefficient (Wildman–Crippen LogP) is 3.58. The van der Waals surface area contributed by atoms with Crippen LogP contribution in [0.3, 0.4) is 0 Å². The minimum absolute atomic E-state index is 0.140. The van der Waals surface area contributed by atoms with Gasteiger partial charge in [0.05, 0.1) is 53.3 Å². The maximum atomic E-state index is 15.4. The molecule has 0 amide bonds. The summed E-state index contributed by atoms with van der Waals surface area (Å²) >= 11 is 0.428. The third kappa shape index (κ3) is 10.8. The first-order chi connectivity index (χ1) is 33.5. The summed E-state index contributed by atoms with van der Waals surface area (Å²) in [6.07, 6.45) is -5.06. The third-order valence-corrected chi connectivity index (χ3v) is 15.9. The number of methoxy groups -OCH3 is 3. The monoisotopic (exact) mass is 1010 g/mol. The fourth-order valence-corrected chi connectivity index (χ4v) is 12.0. The van der Waals surface area contributed by atoms with Crippen molar-refractivity contribution < 1.29 is 57.0 Å². The summed E-state index contributed by atoms with van der Waals surface area (Å²) in [6, 6.07) is 25.2. The normalized spacial score (nSPS) is 21.9. The van der Waals surface area contributed by atoms with E-state index in [1.54, 1.807) is 60.7 Å². The summed E-state index contributed by atoms with van der Waals surface area (Å²) in [4.78, 5) is 68.4. The van der Waals surface area contributed by atoms with E-state index in [2.05, 4.69) is 16.0 Å². The van der Waals surface area contributed by atoms with Gasteiger partial charge in [-0.1, -0.05) is 54.6 Å². The molecule has 8 atom stereocenters. The average Bonchev–Trinajstić information content (AvgIpc) is 3.96. The molecule has 23 heteroatoms. The summed E-state index contributed by atoms with van der Waals surface area (Å²) in [5.41, 5.74) is -4.51. The number of aromatic nitrogens is 4. The Labute approximate surface area is 404 Å². The Balaban J connectivity index is 1.24. The van der Waals surface area contributed by atoms with Gasteiger partial charge in [-0.3, -0.25) is 42.5 Å². The summed E-state index contributed by atoms with van der Waals surface area (Å²) in [5.74, 6) is -0.637. The van der Waals surface area contributed by atoms with Crippen molar-refractivity contribution in [3.8, 4) is 17.6 Å². The van der Waals surface area contributed by atoms with Crippen molar-refractivity contribution in [2.45, 2.75) is 69.2 Å². The number of nitrogens with one attached hydrogen (secondary N) is 2. The van der Waals surface area contributed by atoms with Gasteiger partial charge in [-0.05, 0) is 66.2 Å². The van der Waals surface area contributed by atoms with Gasteiger partial charge in [-0.25, -0.2) is 14.2 Å². The Kier molecular flexibility index (Phi) is 16.2. The number of carbonyl (C=O) groups is 1. The lowest BCUT2D eigenvalue weighted by Crippen LogP contribution is -2.43. The zero-order valence-electron chi connectivity index (χ0n) is 38.7. The molecule has 2 aliphatic rings. The Morgan fingerprint density at radius 3 is 1.83 bits per heavy atom. The van der Waals surface area contributed by atoms with Crippen LogP contribution in [-0.2, 0) is 43.0 Å². The first kappa shape index (κ1) is 51.7. The number of ether oxygens (including phenoxy) is 6. The molecular formula is C47H52N5O16PS. The molecule has 2 aromatic heterocycles. The fourth-order valence-electron chi connectivity index (χ4n) is 8.17. The number of nitrogens with zero attached hydrogens (tertiary/aromatic N) is 3. The van der Waals surface area contributed by atoms with Gasteiger partial charge in [-0.2, -0.15) is 5.26 Å². The molecule has 0 aliphatic carbocycles. The number of hydrogen-bond donors (Lipinski definition) is 4. The van der Waals surface area contributed by atoms with Crippen molar-refractivity contribution in [1.29, 1.82) is 5.26 Å². The molecule has 0 radical (unpaired) electrons. The van der Waals surface area contributed by atoms with Crippen LogP contribution in [-0.4, -0.2) is 107 Å². The maximum absolute atomic E-state index is 15.4. The molecule has 2 fully saturated rings. The number of nitriles is 1. The number of aliphatic hydroxyl groups is 2. The molecule has 0 spiro atoms. The number of benzene rings is 3. The van der Waals surface area contributed by atoms with Crippen LogP contribution in [0.2, 0.25) is 0 Å². The van der Waals surface area contributed by atoms with Gasteiger partial charge in [0.2, 0.25) is 0 Å². The molecule has 0 bridgehead atoms. The van der Waals surface area contributed by atoms with E-state index in [1.807, 2.05) is 18.2 Å². The summed E-state index contributed by atoms with van der Waals surface area (Å²) in [5, 5.41) is 32.7. The maximum Gasteiger partial charge on any atom is 0.389 e. The Bertz CT molecular complexity index is 2930. The topological polar surface area (TPSA) is 282 Å². The first-order valence-electron chi connectivity index (χ1n) is 21.8. The molecule has 372 valence electrons. The minimum Gasteiger partial charge on any atom is -0.497 e. The second-order valence-electron chi connectivity index (χ2n) is 16.6. The molecule has 4 heterocycles. The van der Waals surface area contributed by atoms with E-state index in [-0.39, 0.29) is 24.0 Å². The summed E-state index contributed by atoms with van der Waals surface area (Å²) in [7, 11) is 4.12. The number of hydrogen-bond acceptors (Lipinski definition) is 18. The highest BCUT2D eigenvalue weighted by Gasteiger charge is 2.50. The minimum atomic E-state index is -4.75. The van der Waals surface area contributed by atoms with Crippen LogP contribution in [0.1, 0.15) is 53.1 Å². The molecule has 2 unspecified atom stereocenters. The van der Waals surface area contributed by atoms with Crippen LogP contribution in [0.25, 0.3) is 0 Å². The molecule has 5 aromatic rings. The van der Waals surface area contributed by atoms with Gasteiger partial charge in [0.25, 0.3) is 11.1 Å². The lowest BCUT2D eigenvalue weighted by atomic mass is 9.79. The molecule has 21 nitrogen and oxygen atoms in total. The van der Waals surface area contributed by atoms with E-state index in [0.717, 1.165) is 16.2 Å². The second-order valence-corrected chi connectivity index (χ2v) is 20.6. The van der Waals surface area contributed by atoms with Crippen LogP contribution in [0.15, 0.2) is 110 Å². The van der Waals surface area contributed by atoms with Crippen molar-refractivity contribution in [3.63, 3.8) is 0 Å². The highest BCUT2D eigenvalue weighted by molar-refractivity contribution is 8.55. The number of H-pyrrole nitrogens is 2. The summed E-state index contributed by atoms with van der Waals surface area (Å²) in [6.45, 7) is -3.81. The molecule has 3 aromatic carbocycles. The number of aliphatic hydroxyl groups excluding tert-OH is 2. The lowest BCUT2D eigenvalue weighted by Gasteiger charge is -2.38. The number of rotatable bonds is 20. The largest absolute Gasteiger partial charge is 0.497 e. The third-order valence-electron chi connectivity index (χ3n) is 12.1. The van der Waals surface area contributed by atoms with Gasteiger partial charge in [-0.15, -0.1) is 0 Å². The molecule has 7 rings (SSSR count). The van der Waals surface area contributed by atoms with Crippen LogP contribution in [0, 0.1) is 30.6 Å². The molecule has 0 saturated carbocycles. The van der Waals surface area contributed by atoms with Crippen LogP contribution in [0.5, 0.6) is 11.5 Å². The zero-order chi connectivity index (χ0) is 50.4. The van der Waals surface area contributed by atoms with Gasteiger partial charge in [0.15, 0.2) is 5.41 Å². The molecule has 4 N–H and O–H groups in total. The van der Waals surface area contributed by atoms with Crippen LogP contribution >= 0.6 is 18.2 Å². The highest BCUT2D eigenvalue weighted by Crippen LogP contribution is 2.64. The smallest absolute Gasteiger partial charge is 0.389 e. The van der Waals surface area contributed by atoms with Crippen molar-refractivity contribution in [1.82, 2.24) is 19.1 Å². The van der Waals surface area contributed by atoms with Crippen LogP contribution in [0.4, 0.5) is 0 Å². The number of aromatic amines is 2. The van der Waals surface area contributed by atoms with Crippen molar-refractivity contribution >= 4 is 24.1 Å². The average molecular weight is 1010 g/mol. The van der Waals surface area contributed by atoms with E-state index in [9.17, 15) is 39.4 Å². The molecule has 70 heavy (non-hydrogen) atoms. The van der Waals surface area contributed by atoms with Crippen molar-refractivity contribution in [2.75, 3.05) is 46.9 Å². The Hall–Kier alpha value is -6.12. The van der Waals surface area contributed by atoms with Crippen molar-refractivity contribution in [2.24, 2.45) is 5.41 Å². The molecule has 2 saturated heterocycles. The van der Waals surface area contributed by atoms with Gasteiger partial charge in [0.1, 0.15) is 47.9 Å². The van der Waals surface area contributed by atoms with E-state index >= 15 is 4.57 Å². The van der Waals surface area contributed by atoms with E-state index in [0.29, 0.717) is 39.6 Å². The first-order valence-corrected chi connectivity index (χ1v) is 25.0. The SMILES string of the molecule is COC(=O)C(C#N)(COC(c1ccccc1)(c1ccc(OC)cc1)c1ccc(OC)cc1)CSP(=O)(OC[C@H]1O[C@@H](n2cc(C)c(=O)[nH]c2=O)C[C@@H]1O)O[C@H]1C[C@H](n2cc(C)c(=O)[nH]c2=O)O[C@@H]1CO. The van der Waals surface area contributed by atoms with E-state index in [1.165, 1.54) is 40.5 Å². The highest BCUT2D eigenvalue weighted by atomic mass is 32.7. The fraction of sp³-hybridized carbons (Fsp3) is 0.404. The molecular weight excluding hydrogens is 954 g/mol. The zero-order valence-corrected chi connectivity index (χ0v) is 40.4. The lowest BCUT2D eigenvalue weighted by molar-refractivity contribution is -0.153. The summed E-state index contributed by atoms with van der Waals surface area (Å²) < 4.78 is 64.9. The Morgan fingerprint density at radius 2 is 1.33 bits per heavy atom. The second kappa shape index (κ2) is 21.9. The predicted molar refractivity (Wildman–Crippen MR) is 251 cm³/mol. The van der Waals surface area contributed by atoms with E-state index < -0.39 is 109 Å². The van der Waals surface area contributed by atoms with Crippen LogP contribution < -0.4 is 32.0 Å². The van der Waals surface area contributed by atoms with Gasteiger partial charge in [0, 0.05) is 42.1 Å². The Morgan fingerprint density at radius 1 is 0.814 bits per heavy atom. The van der Waals surface area contributed by atoms with Gasteiger partial charge >= 0.3 is 24.1 Å². The molecule has 2 aliphatic heterocycles. The number of esters is 1. The quantitative estimate of drug-likeness (QED) is 0.0492. The van der Waals surface area contributed by atoms with Gasteiger partial charge < -0.3 is 38.6 Å². The van der Waals surface area contributed by atoms with E-state index in [4.69, 9.17) is 37.5 Å². The van der Waals surface area contributed by atoms with Crippen molar-refractivity contribution in [3.05, 3.63) is 161 Å².